The van der Waals surface area contributed by atoms with E-state index in [1.807, 2.05) is 13.8 Å². The van der Waals surface area contributed by atoms with Gasteiger partial charge in [0.15, 0.2) is 0 Å². The van der Waals surface area contributed by atoms with Crippen molar-refractivity contribution in [3.63, 3.8) is 0 Å². The van der Waals surface area contributed by atoms with Gasteiger partial charge in [-0.1, -0.05) is 19.1 Å². The average molecular weight is 161 g/mol. The minimum atomic E-state index is -0.0938. The maximum atomic E-state index is 5.37. The smallest absolute Gasteiger partial charge is 0.0989 e. The standard InChI is InChI=1S/C7H15NOS/c1-4-7(2,3)9-5-6(8)10/h4-5H2,1-3H3,(H2,8,10). The summed E-state index contributed by atoms with van der Waals surface area (Å²) in [6.07, 6.45) is 0.968. The molecule has 0 bridgehead atoms. The summed E-state index contributed by atoms with van der Waals surface area (Å²) in [4.78, 5) is 0.418. The molecule has 60 valence electrons. The van der Waals surface area contributed by atoms with Gasteiger partial charge in [-0.15, -0.1) is 0 Å². The Hall–Kier alpha value is -0.150. The second-order valence-electron chi connectivity index (χ2n) is 2.87. The minimum absolute atomic E-state index is 0.0938. The second-order valence-corrected chi connectivity index (χ2v) is 3.39. The summed E-state index contributed by atoms with van der Waals surface area (Å²) in [5.74, 6) is 0. The van der Waals surface area contributed by atoms with Crippen molar-refractivity contribution in [2.45, 2.75) is 32.8 Å². The van der Waals surface area contributed by atoms with Gasteiger partial charge in [0.2, 0.25) is 0 Å². The van der Waals surface area contributed by atoms with Crippen molar-refractivity contribution >= 4 is 17.2 Å². The molecule has 0 amide bonds. The highest BCUT2D eigenvalue weighted by Crippen LogP contribution is 2.12. The normalized spacial score (nSPS) is 11.5. The van der Waals surface area contributed by atoms with Crippen LogP contribution in [0.5, 0.6) is 0 Å². The SMILES string of the molecule is CCC(C)(C)OCC(N)=S. The lowest BCUT2D eigenvalue weighted by Crippen LogP contribution is -2.28. The molecule has 0 aliphatic heterocycles. The second kappa shape index (κ2) is 3.88. The molecule has 0 atom stereocenters. The van der Waals surface area contributed by atoms with Crippen LogP contribution in [-0.4, -0.2) is 17.2 Å². The van der Waals surface area contributed by atoms with Gasteiger partial charge >= 0.3 is 0 Å². The van der Waals surface area contributed by atoms with Gasteiger partial charge in [-0.05, 0) is 20.3 Å². The number of rotatable bonds is 4. The zero-order valence-corrected chi connectivity index (χ0v) is 7.62. The van der Waals surface area contributed by atoms with Crippen LogP contribution in [0.3, 0.4) is 0 Å². The Kier molecular flexibility index (Phi) is 3.83. The fraction of sp³-hybridized carbons (Fsp3) is 0.857. The molecule has 0 rings (SSSR count). The summed E-state index contributed by atoms with van der Waals surface area (Å²) in [7, 11) is 0. The molecule has 0 saturated heterocycles. The Morgan fingerprint density at radius 3 is 2.40 bits per heavy atom. The van der Waals surface area contributed by atoms with E-state index in [4.69, 9.17) is 10.5 Å². The Morgan fingerprint density at radius 1 is 1.60 bits per heavy atom. The molecule has 0 aromatic rings. The van der Waals surface area contributed by atoms with Crippen molar-refractivity contribution < 1.29 is 4.74 Å². The fourth-order valence-electron chi connectivity index (χ4n) is 0.369. The summed E-state index contributed by atoms with van der Waals surface area (Å²) < 4.78 is 5.37. The first kappa shape index (κ1) is 9.85. The zero-order chi connectivity index (χ0) is 8.20. The van der Waals surface area contributed by atoms with Gasteiger partial charge in [-0.25, -0.2) is 0 Å². The topological polar surface area (TPSA) is 35.2 Å². The van der Waals surface area contributed by atoms with E-state index in [0.29, 0.717) is 11.6 Å². The van der Waals surface area contributed by atoms with Crippen molar-refractivity contribution in [1.82, 2.24) is 0 Å². The third-order valence-corrected chi connectivity index (χ3v) is 1.57. The van der Waals surface area contributed by atoms with Crippen molar-refractivity contribution in [2.24, 2.45) is 5.73 Å². The third kappa shape index (κ3) is 4.70. The van der Waals surface area contributed by atoms with E-state index in [0.717, 1.165) is 6.42 Å². The largest absolute Gasteiger partial charge is 0.391 e. The molecule has 0 saturated carbocycles. The van der Waals surface area contributed by atoms with Crippen molar-refractivity contribution in [3.05, 3.63) is 0 Å². The Balaban J connectivity index is 3.56. The van der Waals surface area contributed by atoms with E-state index in [9.17, 15) is 0 Å². The highest BCUT2D eigenvalue weighted by Gasteiger charge is 2.14. The summed E-state index contributed by atoms with van der Waals surface area (Å²) >= 11 is 4.66. The monoisotopic (exact) mass is 161 g/mol. The Labute approximate surface area is 67.7 Å². The van der Waals surface area contributed by atoms with Crippen molar-refractivity contribution in [1.29, 1.82) is 0 Å². The van der Waals surface area contributed by atoms with Crippen LogP contribution in [0, 0.1) is 0 Å². The summed E-state index contributed by atoms with van der Waals surface area (Å²) in [5.41, 5.74) is 5.17. The predicted octanol–water partition coefficient (Wildman–Crippen LogP) is 1.48. The number of ether oxygens (including phenoxy) is 1. The first-order valence-corrected chi connectivity index (χ1v) is 3.81. The molecule has 0 heterocycles. The van der Waals surface area contributed by atoms with E-state index < -0.39 is 0 Å². The van der Waals surface area contributed by atoms with Gasteiger partial charge in [0.25, 0.3) is 0 Å². The van der Waals surface area contributed by atoms with Gasteiger partial charge in [-0.2, -0.15) is 0 Å². The van der Waals surface area contributed by atoms with Crippen LogP contribution in [0.4, 0.5) is 0 Å². The first-order valence-electron chi connectivity index (χ1n) is 3.40. The Bertz CT molecular complexity index is 123. The van der Waals surface area contributed by atoms with E-state index in [-0.39, 0.29) is 5.60 Å². The van der Waals surface area contributed by atoms with Crippen molar-refractivity contribution in [3.8, 4) is 0 Å². The molecule has 2 N–H and O–H groups in total. The number of hydrogen-bond acceptors (Lipinski definition) is 2. The molecule has 0 fully saturated rings. The van der Waals surface area contributed by atoms with Gasteiger partial charge < -0.3 is 10.5 Å². The lowest BCUT2D eigenvalue weighted by Gasteiger charge is -2.22. The van der Waals surface area contributed by atoms with E-state index in [2.05, 4.69) is 19.1 Å². The molecular formula is C7H15NOS. The first-order chi connectivity index (χ1) is 4.48. The summed E-state index contributed by atoms with van der Waals surface area (Å²) in [5, 5.41) is 0. The summed E-state index contributed by atoms with van der Waals surface area (Å²) in [6, 6.07) is 0. The fourth-order valence-corrected chi connectivity index (χ4v) is 0.427. The highest BCUT2D eigenvalue weighted by molar-refractivity contribution is 7.80. The maximum absolute atomic E-state index is 5.37. The minimum Gasteiger partial charge on any atom is -0.391 e. The lowest BCUT2D eigenvalue weighted by molar-refractivity contribution is 0.00283. The number of hydrogen-bond donors (Lipinski definition) is 1. The van der Waals surface area contributed by atoms with Crippen LogP contribution < -0.4 is 5.73 Å². The molecular weight excluding hydrogens is 146 g/mol. The summed E-state index contributed by atoms with van der Waals surface area (Å²) in [6.45, 7) is 6.49. The molecule has 2 nitrogen and oxygen atoms in total. The van der Waals surface area contributed by atoms with Crippen LogP contribution in [-0.2, 0) is 4.74 Å². The van der Waals surface area contributed by atoms with E-state index in [1.165, 1.54) is 0 Å². The molecule has 3 heteroatoms. The van der Waals surface area contributed by atoms with Crippen LogP contribution in [0.15, 0.2) is 0 Å². The number of thiocarbonyl (C=S) groups is 1. The van der Waals surface area contributed by atoms with Gasteiger partial charge in [0, 0.05) is 0 Å². The molecule has 0 aromatic heterocycles. The van der Waals surface area contributed by atoms with Crippen LogP contribution >= 0.6 is 12.2 Å². The van der Waals surface area contributed by atoms with Gasteiger partial charge in [-0.3, -0.25) is 0 Å². The predicted molar refractivity (Wildman–Crippen MR) is 47.1 cm³/mol. The van der Waals surface area contributed by atoms with Gasteiger partial charge in [0.05, 0.1) is 17.2 Å². The van der Waals surface area contributed by atoms with Crippen molar-refractivity contribution in [2.75, 3.05) is 6.61 Å². The zero-order valence-electron chi connectivity index (χ0n) is 6.81. The average Bonchev–Trinajstić information content (AvgIpc) is 1.85. The van der Waals surface area contributed by atoms with E-state index >= 15 is 0 Å². The maximum Gasteiger partial charge on any atom is 0.0989 e. The molecule has 0 aliphatic rings. The molecule has 10 heavy (non-hydrogen) atoms. The van der Waals surface area contributed by atoms with Gasteiger partial charge in [0.1, 0.15) is 0 Å². The molecule has 0 radical (unpaired) electrons. The third-order valence-electron chi connectivity index (χ3n) is 1.46. The molecule has 0 aliphatic carbocycles. The number of nitrogens with two attached hydrogens (primary N) is 1. The van der Waals surface area contributed by atoms with Crippen LogP contribution in [0.25, 0.3) is 0 Å². The van der Waals surface area contributed by atoms with Crippen LogP contribution in [0.2, 0.25) is 0 Å². The quantitative estimate of drug-likeness (QED) is 0.634. The van der Waals surface area contributed by atoms with E-state index in [1.54, 1.807) is 0 Å². The highest BCUT2D eigenvalue weighted by atomic mass is 32.1. The lowest BCUT2D eigenvalue weighted by atomic mass is 10.1. The molecule has 0 spiro atoms. The molecule has 0 aromatic carbocycles. The van der Waals surface area contributed by atoms with Crippen LogP contribution in [0.1, 0.15) is 27.2 Å². The molecule has 0 unspecified atom stereocenters. The Morgan fingerprint density at radius 2 is 2.10 bits per heavy atom.